The second-order valence-electron chi connectivity index (χ2n) is 4.43. The summed E-state index contributed by atoms with van der Waals surface area (Å²) in [4.78, 5) is 11.8. The average molecular weight is 318 g/mol. The zero-order valence-electron chi connectivity index (χ0n) is 11.1. The van der Waals surface area contributed by atoms with Crippen LogP contribution in [0.25, 0.3) is 0 Å². The Morgan fingerprint density at radius 1 is 1.37 bits per heavy atom. The van der Waals surface area contributed by atoms with Crippen LogP contribution in [0.3, 0.4) is 0 Å². The van der Waals surface area contributed by atoms with Gasteiger partial charge in [-0.2, -0.15) is 0 Å². The van der Waals surface area contributed by atoms with Gasteiger partial charge in [0.1, 0.15) is 0 Å². The number of carbonyl (C=O) groups is 1. The predicted molar refractivity (Wildman–Crippen MR) is 84.3 cm³/mol. The second kappa shape index (κ2) is 8.11. The third-order valence-electron chi connectivity index (χ3n) is 2.92. The Bertz CT molecular complexity index is 405. The van der Waals surface area contributed by atoms with Gasteiger partial charge in [-0.3, -0.25) is 10.1 Å². The van der Waals surface area contributed by atoms with E-state index < -0.39 is 0 Å². The molecule has 1 amide bonds. The summed E-state index contributed by atoms with van der Waals surface area (Å²) in [6, 6.07) is 0. The lowest BCUT2D eigenvalue weighted by Gasteiger charge is -2.20. The normalized spacial score (nSPS) is 16.5. The number of thioether (sulfide) groups is 2. The second-order valence-corrected chi connectivity index (χ2v) is 8.20. The van der Waals surface area contributed by atoms with E-state index in [1.54, 1.807) is 23.5 Å². The van der Waals surface area contributed by atoms with Crippen LogP contribution in [0.4, 0.5) is 5.13 Å². The van der Waals surface area contributed by atoms with Gasteiger partial charge in [-0.25, -0.2) is 0 Å². The maximum absolute atomic E-state index is 11.8. The van der Waals surface area contributed by atoms with Crippen molar-refractivity contribution in [3.63, 3.8) is 0 Å². The number of anilines is 1. The lowest BCUT2D eigenvalue weighted by Crippen LogP contribution is -2.17. The molecule has 1 aromatic rings. The minimum atomic E-state index is 0.0415. The monoisotopic (exact) mass is 317 g/mol. The molecule has 0 aliphatic heterocycles. The molecule has 1 aliphatic carbocycles. The number of nitrogens with zero attached hydrogens (tertiary/aromatic N) is 2. The Morgan fingerprint density at radius 3 is 2.89 bits per heavy atom. The van der Waals surface area contributed by atoms with Crippen LogP contribution < -0.4 is 5.32 Å². The van der Waals surface area contributed by atoms with Gasteiger partial charge in [0.05, 0.1) is 5.75 Å². The van der Waals surface area contributed by atoms with Gasteiger partial charge in [-0.15, -0.1) is 22.0 Å². The van der Waals surface area contributed by atoms with Crippen LogP contribution in [-0.4, -0.2) is 32.9 Å². The fourth-order valence-electron chi connectivity index (χ4n) is 2.02. The fourth-order valence-corrected chi connectivity index (χ4v) is 4.81. The molecule has 1 heterocycles. The molecule has 1 aliphatic rings. The first kappa shape index (κ1) is 15.1. The molecule has 1 N–H and O–H groups in total. The van der Waals surface area contributed by atoms with Crippen molar-refractivity contribution in [2.45, 2.75) is 48.6 Å². The van der Waals surface area contributed by atoms with Crippen LogP contribution in [0.15, 0.2) is 4.34 Å². The van der Waals surface area contributed by atoms with Gasteiger partial charge in [0.25, 0.3) is 0 Å². The Morgan fingerprint density at radius 2 is 2.16 bits per heavy atom. The van der Waals surface area contributed by atoms with Crippen molar-refractivity contribution < 1.29 is 4.79 Å². The quantitative estimate of drug-likeness (QED) is 0.641. The van der Waals surface area contributed by atoms with Crippen molar-refractivity contribution in [1.82, 2.24) is 10.2 Å². The van der Waals surface area contributed by atoms with E-state index in [0.29, 0.717) is 16.1 Å². The fraction of sp³-hybridized carbons (Fsp3) is 0.750. The topological polar surface area (TPSA) is 54.9 Å². The average Bonchev–Trinajstić information content (AvgIpc) is 2.85. The zero-order chi connectivity index (χ0) is 13.5. The molecule has 0 bridgehead atoms. The summed E-state index contributed by atoms with van der Waals surface area (Å²) in [5, 5.41) is 12.1. The Hall–Kier alpha value is -0.270. The summed E-state index contributed by atoms with van der Waals surface area (Å²) in [7, 11) is 0. The molecule has 19 heavy (non-hydrogen) atoms. The number of carbonyl (C=O) groups excluding carboxylic acids is 1. The zero-order valence-corrected chi connectivity index (χ0v) is 13.5. The van der Waals surface area contributed by atoms with Crippen LogP contribution in [-0.2, 0) is 4.79 Å². The van der Waals surface area contributed by atoms with Gasteiger partial charge in [0, 0.05) is 5.25 Å². The van der Waals surface area contributed by atoms with Gasteiger partial charge in [0.15, 0.2) is 4.34 Å². The van der Waals surface area contributed by atoms with E-state index in [0.717, 1.165) is 10.1 Å². The van der Waals surface area contributed by atoms with Crippen molar-refractivity contribution in [1.29, 1.82) is 0 Å². The molecule has 2 rings (SSSR count). The molecular weight excluding hydrogens is 298 g/mol. The van der Waals surface area contributed by atoms with Crippen molar-refractivity contribution in [2.24, 2.45) is 0 Å². The van der Waals surface area contributed by atoms with Gasteiger partial charge < -0.3 is 0 Å². The number of rotatable bonds is 6. The molecule has 0 radical (unpaired) electrons. The van der Waals surface area contributed by atoms with Gasteiger partial charge in [0.2, 0.25) is 11.0 Å². The highest BCUT2D eigenvalue weighted by atomic mass is 32.2. The minimum Gasteiger partial charge on any atom is -0.300 e. The molecule has 4 nitrogen and oxygen atoms in total. The van der Waals surface area contributed by atoms with Gasteiger partial charge >= 0.3 is 0 Å². The first-order chi connectivity index (χ1) is 9.28. The molecule has 0 aromatic carbocycles. The summed E-state index contributed by atoms with van der Waals surface area (Å²) < 4.78 is 0.915. The maximum atomic E-state index is 11.8. The summed E-state index contributed by atoms with van der Waals surface area (Å²) in [5.41, 5.74) is 0. The van der Waals surface area contributed by atoms with E-state index in [-0.39, 0.29) is 5.91 Å². The molecule has 0 spiro atoms. The van der Waals surface area contributed by atoms with Crippen molar-refractivity contribution in [3.05, 3.63) is 0 Å². The summed E-state index contributed by atoms with van der Waals surface area (Å²) >= 11 is 4.88. The number of nitrogens with one attached hydrogen (secondary N) is 1. The van der Waals surface area contributed by atoms with Crippen LogP contribution in [0, 0.1) is 0 Å². The Labute approximate surface area is 126 Å². The standard InChI is InChI=1S/C12H19N3OS3/c1-2-17-12-15-14-11(19-12)13-10(16)8-18-9-6-4-3-5-7-9/h9H,2-8H2,1H3,(H,13,14,16). The SMILES string of the molecule is CCSc1nnc(NC(=O)CSC2CCCCC2)s1. The third-order valence-corrected chi connectivity index (χ3v) is 6.15. The van der Waals surface area contributed by atoms with E-state index in [9.17, 15) is 4.79 Å². The highest BCUT2D eigenvalue weighted by molar-refractivity contribution is 8.01. The van der Waals surface area contributed by atoms with Crippen LogP contribution >= 0.6 is 34.9 Å². The Kier molecular flexibility index (Phi) is 6.46. The van der Waals surface area contributed by atoms with E-state index in [4.69, 9.17) is 0 Å². The minimum absolute atomic E-state index is 0.0415. The van der Waals surface area contributed by atoms with Crippen molar-refractivity contribution in [2.75, 3.05) is 16.8 Å². The van der Waals surface area contributed by atoms with Crippen LogP contribution in [0.1, 0.15) is 39.0 Å². The molecule has 1 fully saturated rings. The van der Waals surface area contributed by atoms with Crippen LogP contribution in [0.2, 0.25) is 0 Å². The number of hydrogen-bond acceptors (Lipinski definition) is 6. The van der Waals surface area contributed by atoms with E-state index in [2.05, 4.69) is 22.4 Å². The molecule has 0 saturated heterocycles. The number of hydrogen-bond donors (Lipinski definition) is 1. The predicted octanol–water partition coefficient (Wildman–Crippen LogP) is 3.65. The van der Waals surface area contributed by atoms with Gasteiger partial charge in [-0.1, -0.05) is 49.3 Å². The maximum Gasteiger partial charge on any atom is 0.236 e. The highest BCUT2D eigenvalue weighted by Crippen LogP contribution is 2.29. The summed E-state index contributed by atoms with van der Waals surface area (Å²) in [5.74, 6) is 1.54. The summed E-state index contributed by atoms with van der Waals surface area (Å²) in [6.45, 7) is 2.07. The molecule has 1 saturated carbocycles. The van der Waals surface area contributed by atoms with Gasteiger partial charge in [-0.05, 0) is 18.6 Å². The third kappa shape index (κ3) is 5.31. The number of aromatic nitrogens is 2. The van der Waals surface area contributed by atoms with Crippen molar-refractivity contribution >= 4 is 45.9 Å². The van der Waals surface area contributed by atoms with E-state index in [1.807, 2.05) is 0 Å². The molecule has 106 valence electrons. The lowest BCUT2D eigenvalue weighted by molar-refractivity contribution is -0.113. The Balaban J connectivity index is 1.70. The molecule has 1 aromatic heterocycles. The number of amides is 1. The molecular formula is C12H19N3OS3. The molecule has 0 unspecified atom stereocenters. The first-order valence-electron chi connectivity index (χ1n) is 6.65. The summed E-state index contributed by atoms with van der Waals surface area (Å²) in [6.07, 6.45) is 6.49. The first-order valence-corrected chi connectivity index (χ1v) is 9.50. The van der Waals surface area contributed by atoms with E-state index in [1.165, 1.54) is 43.4 Å². The molecule has 0 atom stereocenters. The highest BCUT2D eigenvalue weighted by Gasteiger charge is 2.16. The van der Waals surface area contributed by atoms with Crippen molar-refractivity contribution in [3.8, 4) is 0 Å². The van der Waals surface area contributed by atoms with E-state index >= 15 is 0 Å². The van der Waals surface area contributed by atoms with Crippen LogP contribution in [0.5, 0.6) is 0 Å². The largest absolute Gasteiger partial charge is 0.300 e. The molecule has 7 heteroatoms. The smallest absolute Gasteiger partial charge is 0.236 e. The lowest BCUT2D eigenvalue weighted by atomic mass is 10.0.